The number of nitrogens with zero attached hydrogens (tertiary/aromatic N) is 1. The fourth-order valence-electron chi connectivity index (χ4n) is 1.64. The van der Waals surface area contributed by atoms with Crippen LogP contribution in [-0.4, -0.2) is 33.7 Å². The molecular formula is C11H14Cl2N2O3S. The van der Waals surface area contributed by atoms with Crippen molar-refractivity contribution in [2.45, 2.75) is 13.0 Å². The first-order valence-electron chi connectivity index (χ1n) is 5.34. The quantitative estimate of drug-likeness (QED) is 0.919. The van der Waals surface area contributed by atoms with Gasteiger partial charge in [0.1, 0.15) is 6.04 Å². The van der Waals surface area contributed by atoms with Crippen molar-refractivity contribution in [1.29, 1.82) is 0 Å². The molecule has 0 saturated heterocycles. The van der Waals surface area contributed by atoms with Gasteiger partial charge in [-0.3, -0.25) is 9.10 Å². The number of likely N-dealkylation sites (N-methyl/N-ethyl adjacent to an activating group) is 1. The van der Waals surface area contributed by atoms with E-state index in [0.717, 1.165) is 10.6 Å². The van der Waals surface area contributed by atoms with Gasteiger partial charge < -0.3 is 5.32 Å². The van der Waals surface area contributed by atoms with Crippen molar-refractivity contribution in [3.8, 4) is 0 Å². The highest BCUT2D eigenvalue weighted by atomic mass is 35.5. The molecule has 8 heteroatoms. The second-order valence-electron chi connectivity index (χ2n) is 3.94. The van der Waals surface area contributed by atoms with E-state index in [1.165, 1.54) is 26.1 Å². The Bertz CT molecular complexity index is 590. The molecule has 1 amide bonds. The van der Waals surface area contributed by atoms with Gasteiger partial charge in [-0.15, -0.1) is 0 Å². The fourth-order valence-corrected chi connectivity index (χ4v) is 3.25. The minimum Gasteiger partial charge on any atom is -0.357 e. The van der Waals surface area contributed by atoms with Crippen LogP contribution in [0.15, 0.2) is 18.2 Å². The largest absolute Gasteiger partial charge is 0.357 e. The number of benzene rings is 1. The van der Waals surface area contributed by atoms with Gasteiger partial charge in [-0.25, -0.2) is 8.42 Å². The molecule has 0 saturated carbocycles. The van der Waals surface area contributed by atoms with Crippen molar-refractivity contribution < 1.29 is 13.2 Å². The maximum absolute atomic E-state index is 11.9. The number of nitrogens with one attached hydrogen (secondary N) is 1. The van der Waals surface area contributed by atoms with Gasteiger partial charge in [0, 0.05) is 12.1 Å². The Balaban J connectivity index is 3.41. The molecule has 0 aliphatic rings. The summed E-state index contributed by atoms with van der Waals surface area (Å²) in [6.45, 7) is 1.47. The summed E-state index contributed by atoms with van der Waals surface area (Å²) < 4.78 is 24.7. The molecule has 1 aromatic carbocycles. The van der Waals surface area contributed by atoms with Crippen molar-refractivity contribution >= 4 is 44.8 Å². The number of carbonyl (C=O) groups excluding carboxylic acids is 1. The van der Waals surface area contributed by atoms with Crippen molar-refractivity contribution in [2.75, 3.05) is 17.6 Å². The van der Waals surface area contributed by atoms with Crippen molar-refractivity contribution in [1.82, 2.24) is 5.32 Å². The predicted octanol–water partition coefficient (Wildman–Crippen LogP) is 1.89. The number of carbonyl (C=O) groups is 1. The lowest BCUT2D eigenvalue weighted by atomic mass is 10.2. The average Bonchev–Trinajstić information content (AvgIpc) is 2.31. The summed E-state index contributed by atoms with van der Waals surface area (Å²) in [5, 5.41) is 2.93. The Labute approximate surface area is 122 Å². The molecule has 0 radical (unpaired) electrons. The first-order chi connectivity index (χ1) is 8.68. The zero-order chi connectivity index (χ0) is 14.8. The van der Waals surface area contributed by atoms with E-state index in [-0.39, 0.29) is 10.7 Å². The van der Waals surface area contributed by atoms with Crippen molar-refractivity contribution in [3.63, 3.8) is 0 Å². The van der Waals surface area contributed by atoms with Crippen LogP contribution in [0.25, 0.3) is 0 Å². The molecule has 5 nitrogen and oxygen atoms in total. The number of rotatable bonds is 4. The summed E-state index contributed by atoms with van der Waals surface area (Å²) in [6.07, 6.45) is 1.00. The lowest BCUT2D eigenvalue weighted by Crippen LogP contribution is -2.47. The molecule has 0 fully saturated rings. The lowest BCUT2D eigenvalue weighted by Gasteiger charge is -2.28. The number of hydrogen-bond acceptors (Lipinski definition) is 3. The number of amides is 1. The number of sulfonamides is 1. The zero-order valence-electron chi connectivity index (χ0n) is 10.6. The van der Waals surface area contributed by atoms with Gasteiger partial charge in [-0.1, -0.05) is 23.2 Å². The van der Waals surface area contributed by atoms with E-state index < -0.39 is 22.0 Å². The maximum Gasteiger partial charge on any atom is 0.243 e. The Morgan fingerprint density at radius 3 is 2.42 bits per heavy atom. The smallest absolute Gasteiger partial charge is 0.243 e. The van der Waals surface area contributed by atoms with E-state index in [1.54, 1.807) is 6.07 Å². The first kappa shape index (κ1) is 16.1. The van der Waals surface area contributed by atoms with Crippen molar-refractivity contribution in [3.05, 3.63) is 28.2 Å². The monoisotopic (exact) mass is 324 g/mol. The van der Waals surface area contributed by atoms with E-state index in [1.807, 2.05) is 0 Å². The predicted molar refractivity (Wildman–Crippen MR) is 77.3 cm³/mol. The van der Waals surface area contributed by atoms with Crippen molar-refractivity contribution in [2.24, 2.45) is 0 Å². The van der Waals surface area contributed by atoms with E-state index in [9.17, 15) is 13.2 Å². The van der Waals surface area contributed by atoms with Gasteiger partial charge in [0.05, 0.1) is 17.0 Å². The summed E-state index contributed by atoms with van der Waals surface area (Å²) in [6, 6.07) is 3.49. The van der Waals surface area contributed by atoms with Crippen LogP contribution in [0.1, 0.15) is 6.92 Å². The molecule has 1 N–H and O–H groups in total. The molecule has 0 aromatic heterocycles. The minimum atomic E-state index is -3.68. The molecule has 106 valence electrons. The van der Waals surface area contributed by atoms with E-state index in [0.29, 0.717) is 5.02 Å². The van der Waals surface area contributed by atoms with E-state index >= 15 is 0 Å². The van der Waals surface area contributed by atoms with E-state index in [4.69, 9.17) is 23.2 Å². The van der Waals surface area contributed by atoms with Crippen LogP contribution >= 0.6 is 23.2 Å². The normalized spacial score (nSPS) is 12.9. The number of hydrogen-bond donors (Lipinski definition) is 1. The highest BCUT2D eigenvalue weighted by Crippen LogP contribution is 2.32. The number of halogens is 2. The molecule has 1 rings (SSSR count). The third kappa shape index (κ3) is 3.75. The summed E-state index contributed by atoms with van der Waals surface area (Å²) in [7, 11) is -2.25. The molecule has 0 aliphatic carbocycles. The summed E-state index contributed by atoms with van der Waals surface area (Å²) >= 11 is 11.8. The summed E-state index contributed by atoms with van der Waals surface area (Å²) in [5.74, 6) is -0.443. The van der Waals surface area contributed by atoms with Crippen LogP contribution in [0, 0.1) is 0 Å². The maximum atomic E-state index is 11.9. The molecule has 1 atom stereocenters. The van der Waals surface area contributed by atoms with E-state index in [2.05, 4.69) is 5.32 Å². The van der Waals surface area contributed by atoms with Gasteiger partial charge in [0.25, 0.3) is 0 Å². The average molecular weight is 325 g/mol. The molecule has 0 heterocycles. The van der Waals surface area contributed by atoms with Crippen LogP contribution in [0.5, 0.6) is 0 Å². The van der Waals surface area contributed by atoms with Gasteiger partial charge in [0.15, 0.2) is 0 Å². The SMILES string of the molecule is CNC(=O)[C@H](C)N(c1cc(Cl)ccc1Cl)S(C)(=O)=O. The Morgan fingerprint density at radius 1 is 1.37 bits per heavy atom. The van der Waals surface area contributed by atoms with Crippen LogP contribution < -0.4 is 9.62 Å². The topological polar surface area (TPSA) is 66.5 Å². The van der Waals surface area contributed by atoms with Gasteiger partial charge >= 0.3 is 0 Å². The zero-order valence-corrected chi connectivity index (χ0v) is 13.0. The lowest BCUT2D eigenvalue weighted by molar-refractivity contribution is -0.121. The van der Waals surface area contributed by atoms with Crippen LogP contribution in [0.2, 0.25) is 10.0 Å². The molecule has 19 heavy (non-hydrogen) atoms. The summed E-state index contributed by atoms with van der Waals surface area (Å²) in [5.41, 5.74) is 0.174. The van der Waals surface area contributed by atoms with Gasteiger partial charge in [0.2, 0.25) is 15.9 Å². The standard InChI is InChI=1S/C11H14Cl2N2O3S/c1-7(11(16)14-2)15(19(3,17)18)10-6-8(12)4-5-9(10)13/h4-7H,1-3H3,(H,14,16)/t7-/m0/s1. The molecule has 0 aliphatic heterocycles. The second-order valence-corrected chi connectivity index (χ2v) is 6.65. The molecule has 0 bridgehead atoms. The third-order valence-corrected chi connectivity index (χ3v) is 4.26. The molecule has 0 spiro atoms. The minimum absolute atomic E-state index is 0.174. The molecule has 0 unspecified atom stereocenters. The van der Waals surface area contributed by atoms with Crippen LogP contribution in [0.3, 0.4) is 0 Å². The molecule has 1 aromatic rings. The number of anilines is 1. The van der Waals surface area contributed by atoms with Crippen LogP contribution in [-0.2, 0) is 14.8 Å². The van der Waals surface area contributed by atoms with Gasteiger partial charge in [-0.05, 0) is 25.1 Å². The van der Waals surface area contributed by atoms with Gasteiger partial charge in [-0.2, -0.15) is 0 Å². The Kier molecular flexibility index (Phi) is 5.06. The fraction of sp³-hybridized carbons (Fsp3) is 0.364. The molecular weight excluding hydrogens is 311 g/mol. The first-order valence-corrected chi connectivity index (χ1v) is 7.95. The highest BCUT2D eigenvalue weighted by molar-refractivity contribution is 7.92. The summed E-state index contributed by atoms with van der Waals surface area (Å²) in [4.78, 5) is 11.7. The Hall–Kier alpha value is -0.980. The van der Waals surface area contributed by atoms with Crippen LogP contribution in [0.4, 0.5) is 5.69 Å². The Morgan fingerprint density at radius 2 is 1.95 bits per heavy atom. The second kappa shape index (κ2) is 5.98. The highest BCUT2D eigenvalue weighted by Gasteiger charge is 2.30. The third-order valence-electron chi connectivity index (χ3n) is 2.48.